The molecular formula is C35H47N3O3. The molecule has 1 aliphatic heterocycles. The molecule has 3 aromatic carbocycles. The SMILES string of the molecule is C#C.C1CCC1.CC(C)c1ccc(NC=O)cc1.CN1CCCC1.CNc1ccc(-c2cccc(C(=O)O)c2)cc1. The van der Waals surface area contributed by atoms with Crippen LogP contribution in [-0.4, -0.2) is 49.6 Å². The van der Waals surface area contributed by atoms with Crippen molar-refractivity contribution >= 4 is 23.8 Å². The highest BCUT2D eigenvalue weighted by atomic mass is 16.4. The van der Waals surface area contributed by atoms with Gasteiger partial charge in [-0.25, -0.2) is 4.79 Å². The molecule has 2 fully saturated rings. The Labute approximate surface area is 247 Å². The fourth-order valence-corrected chi connectivity index (χ4v) is 3.82. The summed E-state index contributed by atoms with van der Waals surface area (Å²) in [6.45, 7) is 6.92. The summed E-state index contributed by atoms with van der Waals surface area (Å²) < 4.78 is 0. The van der Waals surface area contributed by atoms with E-state index in [1.54, 1.807) is 18.2 Å². The third-order valence-electron chi connectivity index (χ3n) is 6.75. The molecule has 3 N–H and O–H groups in total. The van der Waals surface area contributed by atoms with Crippen LogP contribution in [0.25, 0.3) is 11.1 Å². The number of benzene rings is 3. The molecule has 0 atom stereocenters. The van der Waals surface area contributed by atoms with E-state index in [4.69, 9.17) is 5.11 Å². The van der Waals surface area contributed by atoms with Crippen LogP contribution in [0.1, 0.15) is 74.2 Å². The smallest absolute Gasteiger partial charge is 0.335 e. The number of carbonyl (C=O) groups excluding carboxylic acids is 1. The zero-order valence-corrected chi connectivity index (χ0v) is 25.1. The Morgan fingerprint density at radius 3 is 1.76 bits per heavy atom. The zero-order valence-electron chi connectivity index (χ0n) is 25.1. The van der Waals surface area contributed by atoms with Crippen molar-refractivity contribution in [3.63, 3.8) is 0 Å². The number of nitrogens with one attached hydrogen (secondary N) is 2. The number of carboxylic acid groups (broad SMARTS) is 1. The molecule has 0 spiro atoms. The van der Waals surface area contributed by atoms with E-state index in [-0.39, 0.29) is 0 Å². The van der Waals surface area contributed by atoms with Gasteiger partial charge < -0.3 is 20.6 Å². The number of rotatable bonds is 6. The molecule has 1 saturated carbocycles. The Morgan fingerprint density at radius 1 is 0.829 bits per heavy atom. The molecule has 0 unspecified atom stereocenters. The molecule has 1 aliphatic carbocycles. The van der Waals surface area contributed by atoms with Gasteiger partial charge in [-0.3, -0.25) is 4.79 Å². The van der Waals surface area contributed by atoms with E-state index < -0.39 is 5.97 Å². The molecule has 3 aromatic rings. The molecule has 0 radical (unpaired) electrons. The van der Waals surface area contributed by atoms with Crippen LogP contribution in [-0.2, 0) is 4.79 Å². The van der Waals surface area contributed by atoms with Gasteiger partial charge in [-0.05, 0) is 92.0 Å². The molecule has 1 heterocycles. The Hall–Kier alpha value is -4.08. The quantitative estimate of drug-likeness (QED) is 0.211. The van der Waals surface area contributed by atoms with Crippen LogP contribution < -0.4 is 10.6 Å². The fraction of sp³-hybridized carbons (Fsp3) is 0.371. The van der Waals surface area contributed by atoms with E-state index in [0.29, 0.717) is 17.9 Å². The van der Waals surface area contributed by atoms with Gasteiger partial charge in [0.05, 0.1) is 5.56 Å². The number of terminal acetylenes is 1. The highest BCUT2D eigenvalue weighted by molar-refractivity contribution is 5.89. The van der Waals surface area contributed by atoms with Crippen molar-refractivity contribution in [2.24, 2.45) is 0 Å². The van der Waals surface area contributed by atoms with Crippen molar-refractivity contribution < 1.29 is 14.7 Å². The van der Waals surface area contributed by atoms with Crippen LogP contribution in [0.5, 0.6) is 0 Å². The molecule has 41 heavy (non-hydrogen) atoms. The number of anilines is 2. The summed E-state index contributed by atoms with van der Waals surface area (Å²) in [5.41, 5.74) is 5.38. The second kappa shape index (κ2) is 20.8. The van der Waals surface area contributed by atoms with Crippen LogP contribution in [0.15, 0.2) is 72.8 Å². The number of hydrogen-bond donors (Lipinski definition) is 3. The Morgan fingerprint density at radius 2 is 1.37 bits per heavy atom. The summed E-state index contributed by atoms with van der Waals surface area (Å²) in [6.07, 6.45) is 17.5. The monoisotopic (exact) mass is 557 g/mol. The summed E-state index contributed by atoms with van der Waals surface area (Å²) >= 11 is 0. The Bertz CT molecular complexity index is 1140. The van der Waals surface area contributed by atoms with Gasteiger partial charge in [0, 0.05) is 18.4 Å². The minimum absolute atomic E-state index is 0.306. The lowest BCUT2D eigenvalue weighted by molar-refractivity contribution is -0.105. The second-order valence-electron chi connectivity index (χ2n) is 10.2. The number of hydrogen-bond acceptors (Lipinski definition) is 4. The van der Waals surface area contributed by atoms with Crippen LogP contribution in [0, 0.1) is 12.8 Å². The lowest BCUT2D eigenvalue weighted by Gasteiger charge is -2.05. The number of carbonyl (C=O) groups is 2. The van der Waals surface area contributed by atoms with Gasteiger partial charge in [-0.15, -0.1) is 12.8 Å². The minimum atomic E-state index is -0.904. The molecular weight excluding hydrogens is 510 g/mol. The van der Waals surface area contributed by atoms with Crippen molar-refractivity contribution in [1.82, 2.24) is 4.90 Å². The van der Waals surface area contributed by atoms with E-state index >= 15 is 0 Å². The van der Waals surface area contributed by atoms with E-state index in [1.165, 1.54) is 57.2 Å². The molecule has 0 bridgehead atoms. The van der Waals surface area contributed by atoms with E-state index in [9.17, 15) is 9.59 Å². The number of nitrogens with zero attached hydrogens (tertiary/aromatic N) is 1. The van der Waals surface area contributed by atoms with E-state index in [2.05, 4.69) is 49.3 Å². The number of likely N-dealkylation sites (tertiary alicyclic amines) is 1. The first-order valence-electron chi connectivity index (χ1n) is 14.3. The van der Waals surface area contributed by atoms with Crippen molar-refractivity contribution in [3.05, 3.63) is 83.9 Å². The zero-order chi connectivity index (χ0) is 30.5. The summed E-state index contributed by atoms with van der Waals surface area (Å²) in [6, 6.07) is 22.6. The van der Waals surface area contributed by atoms with Crippen molar-refractivity contribution in [2.45, 2.75) is 58.3 Å². The number of amides is 1. The van der Waals surface area contributed by atoms with Gasteiger partial charge in [0.25, 0.3) is 0 Å². The molecule has 1 amide bonds. The Balaban J connectivity index is 0.000000301. The normalized spacial score (nSPS) is 13.1. The molecule has 6 nitrogen and oxygen atoms in total. The summed E-state index contributed by atoms with van der Waals surface area (Å²) in [5, 5.41) is 14.6. The number of aromatic carboxylic acids is 1. The van der Waals surface area contributed by atoms with Gasteiger partial charge in [-0.2, -0.15) is 0 Å². The van der Waals surface area contributed by atoms with Crippen LogP contribution in [0.4, 0.5) is 11.4 Å². The fourth-order valence-electron chi connectivity index (χ4n) is 3.82. The first-order chi connectivity index (χ1) is 19.8. The maximum Gasteiger partial charge on any atom is 0.335 e. The van der Waals surface area contributed by atoms with Gasteiger partial charge in [-0.1, -0.05) is 75.9 Å². The van der Waals surface area contributed by atoms with Crippen molar-refractivity contribution in [1.29, 1.82) is 0 Å². The summed E-state index contributed by atoms with van der Waals surface area (Å²) in [7, 11) is 4.03. The third-order valence-corrected chi connectivity index (χ3v) is 6.75. The van der Waals surface area contributed by atoms with Crippen molar-refractivity contribution in [3.8, 4) is 24.0 Å². The highest BCUT2D eigenvalue weighted by Crippen LogP contribution is 2.22. The van der Waals surface area contributed by atoms with Crippen LogP contribution >= 0.6 is 0 Å². The lowest BCUT2D eigenvalue weighted by atomic mass is 10.0. The van der Waals surface area contributed by atoms with Crippen LogP contribution in [0.2, 0.25) is 0 Å². The standard InChI is InChI=1S/C14H13NO2.C10H13NO.C5H11N.C4H8.C2H2/c1-15-13-7-5-10(6-8-13)11-3-2-4-12(9-11)14(16)17;1-8(2)9-3-5-10(6-4-9)11-7-12;1-6-4-2-3-5-6;1-2-4-3-1;1-2/h2-9,15H,1H3,(H,16,17);3-8H,1-2H3,(H,11,12);2-5H2,1H3;1-4H2;1-2H. The molecule has 2 aliphatic rings. The summed E-state index contributed by atoms with van der Waals surface area (Å²) in [5.74, 6) is -0.367. The van der Waals surface area contributed by atoms with Crippen molar-refractivity contribution in [2.75, 3.05) is 37.8 Å². The minimum Gasteiger partial charge on any atom is -0.478 e. The average molecular weight is 558 g/mol. The maximum atomic E-state index is 10.9. The lowest BCUT2D eigenvalue weighted by Crippen LogP contribution is -2.10. The predicted molar refractivity (Wildman–Crippen MR) is 174 cm³/mol. The predicted octanol–water partition coefficient (Wildman–Crippen LogP) is 7.99. The molecule has 0 aromatic heterocycles. The van der Waals surface area contributed by atoms with Gasteiger partial charge in [0.15, 0.2) is 0 Å². The van der Waals surface area contributed by atoms with E-state index in [0.717, 1.165) is 22.5 Å². The molecule has 220 valence electrons. The number of carboxylic acids is 1. The second-order valence-corrected chi connectivity index (χ2v) is 10.2. The average Bonchev–Trinajstić information content (AvgIpc) is 3.45. The first-order valence-corrected chi connectivity index (χ1v) is 14.3. The molecule has 5 rings (SSSR count). The summed E-state index contributed by atoms with van der Waals surface area (Å²) in [4.78, 5) is 23.3. The first kappa shape index (κ1) is 34.9. The highest BCUT2D eigenvalue weighted by Gasteiger charge is 2.05. The largest absolute Gasteiger partial charge is 0.478 e. The Kier molecular flexibility index (Phi) is 17.7. The topological polar surface area (TPSA) is 81.7 Å². The molecule has 6 heteroatoms. The maximum absolute atomic E-state index is 10.9. The van der Waals surface area contributed by atoms with Gasteiger partial charge in [0.1, 0.15) is 0 Å². The third kappa shape index (κ3) is 14.2. The molecule has 1 saturated heterocycles. The van der Waals surface area contributed by atoms with Crippen LogP contribution in [0.3, 0.4) is 0 Å². The van der Waals surface area contributed by atoms with Gasteiger partial charge >= 0.3 is 5.97 Å². The van der Waals surface area contributed by atoms with E-state index in [1.807, 2.05) is 61.6 Å². The van der Waals surface area contributed by atoms with Gasteiger partial charge in [0.2, 0.25) is 6.41 Å².